The molecule has 0 bridgehead atoms. The van der Waals surface area contributed by atoms with Crippen molar-refractivity contribution in [2.75, 3.05) is 25.2 Å². The molecule has 0 aliphatic heterocycles. The van der Waals surface area contributed by atoms with Gasteiger partial charge < -0.3 is 14.6 Å². The van der Waals surface area contributed by atoms with E-state index in [1.807, 2.05) is 24.3 Å². The molecule has 0 aliphatic carbocycles. The molecule has 90 valence electrons. The van der Waals surface area contributed by atoms with Crippen LogP contribution in [-0.4, -0.2) is 36.4 Å². The minimum absolute atomic E-state index is 0.312. The van der Waals surface area contributed by atoms with Gasteiger partial charge in [-0.1, -0.05) is 0 Å². The number of benzene rings is 1. The number of aliphatic hydroxyl groups is 1. The van der Waals surface area contributed by atoms with E-state index in [4.69, 9.17) is 14.6 Å². The third-order valence-electron chi connectivity index (χ3n) is 1.87. The van der Waals surface area contributed by atoms with Gasteiger partial charge in [-0.25, -0.2) is 0 Å². The molecule has 1 aromatic carbocycles. The van der Waals surface area contributed by atoms with Gasteiger partial charge in [0.1, 0.15) is 18.1 Å². The van der Waals surface area contributed by atoms with Crippen LogP contribution in [0.5, 0.6) is 11.5 Å². The molecule has 3 nitrogen and oxygen atoms in total. The molecule has 0 saturated heterocycles. The molecule has 0 fully saturated rings. The fourth-order valence-electron chi connectivity index (χ4n) is 1.09. The van der Waals surface area contributed by atoms with Gasteiger partial charge in [0, 0.05) is 5.75 Å². The number of ether oxygens (including phenoxy) is 2. The van der Waals surface area contributed by atoms with Crippen LogP contribution < -0.4 is 9.47 Å². The summed E-state index contributed by atoms with van der Waals surface area (Å²) in [7, 11) is 0. The third-order valence-corrected chi connectivity index (χ3v) is 2.45. The van der Waals surface area contributed by atoms with Gasteiger partial charge in [-0.05, 0) is 37.4 Å². The van der Waals surface area contributed by atoms with Crippen LogP contribution in [-0.2, 0) is 0 Å². The molecule has 0 saturated carbocycles. The summed E-state index contributed by atoms with van der Waals surface area (Å²) in [4.78, 5) is 0. The topological polar surface area (TPSA) is 38.7 Å². The standard InChI is InChI=1S/C12H18O3S/c1-10(13)9-15-12-5-3-11(4-6-12)14-7-8-16-2/h3-6,10,13H,7-9H2,1-2H3. The Hall–Kier alpha value is -0.870. The zero-order valence-corrected chi connectivity index (χ0v) is 10.5. The highest BCUT2D eigenvalue weighted by Crippen LogP contribution is 2.17. The number of hydrogen-bond donors (Lipinski definition) is 1. The first-order valence-corrected chi connectivity index (χ1v) is 6.64. The number of thioether (sulfide) groups is 1. The van der Waals surface area contributed by atoms with Crippen LogP contribution in [0.4, 0.5) is 0 Å². The highest BCUT2D eigenvalue weighted by Gasteiger charge is 1.99. The van der Waals surface area contributed by atoms with Crippen LogP contribution in [0.1, 0.15) is 6.92 Å². The van der Waals surface area contributed by atoms with Crippen molar-refractivity contribution in [3.05, 3.63) is 24.3 Å². The Morgan fingerprint density at radius 3 is 2.25 bits per heavy atom. The van der Waals surface area contributed by atoms with Crippen LogP contribution in [0.2, 0.25) is 0 Å². The Balaban J connectivity index is 2.35. The van der Waals surface area contributed by atoms with Crippen molar-refractivity contribution in [2.24, 2.45) is 0 Å². The summed E-state index contributed by atoms with van der Waals surface area (Å²) >= 11 is 1.76. The van der Waals surface area contributed by atoms with Crippen molar-refractivity contribution in [3.63, 3.8) is 0 Å². The Kier molecular flexibility index (Phi) is 6.11. The summed E-state index contributed by atoms with van der Waals surface area (Å²) in [6.07, 6.45) is 1.61. The predicted octanol–water partition coefficient (Wildman–Crippen LogP) is 2.19. The van der Waals surface area contributed by atoms with Crippen LogP contribution in [0.3, 0.4) is 0 Å². The summed E-state index contributed by atoms with van der Waals surface area (Å²) in [5.74, 6) is 2.58. The van der Waals surface area contributed by atoms with Gasteiger partial charge in [-0.2, -0.15) is 11.8 Å². The molecule has 0 amide bonds. The van der Waals surface area contributed by atoms with E-state index >= 15 is 0 Å². The van der Waals surface area contributed by atoms with Crippen molar-refractivity contribution in [1.29, 1.82) is 0 Å². The number of hydrogen-bond acceptors (Lipinski definition) is 4. The van der Waals surface area contributed by atoms with Crippen molar-refractivity contribution >= 4 is 11.8 Å². The van der Waals surface area contributed by atoms with Crippen LogP contribution in [0, 0.1) is 0 Å². The molecule has 0 aliphatic rings. The van der Waals surface area contributed by atoms with Gasteiger partial charge in [-0.3, -0.25) is 0 Å². The van der Waals surface area contributed by atoms with Crippen LogP contribution in [0.25, 0.3) is 0 Å². The molecule has 0 aromatic heterocycles. The Morgan fingerprint density at radius 1 is 1.19 bits per heavy atom. The van der Waals surface area contributed by atoms with E-state index in [9.17, 15) is 0 Å². The largest absolute Gasteiger partial charge is 0.493 e. The van der Waals surface area contributed by atoms with Gasteiger partial charge in [0.15, 0.2) is 0 Å². The van der Waals surface area contributed by atoms with Crippen molar-refractivity contribution < 1.29 is 14.6 Å². The van der Waals surface area contributed by atoms with E-state index in [0.717, 1.165) is 23.9 Å². The van der Waals surface area contributed by atoms with Gasteiger partial charge >= 0.3 is 0 Å². The summed E-state index contributed by atoms with van der Waals surface area (Å²) in [5.41, 5.74) is 0. The first-order chi connectivity index (χ1) is 7.72. The zero-order chi connectivity index (χ0) is 11.8. The van der Waals surface area contributed by atoms with E-state index in [0.29, 0.717) is 6.61 Å². The normalized spacial score (nSPS) is 12.2. The molecule has 1 atom stereocenters. The lowest BCUT2D eigenvalue weighted by Crippen LogP contribution is -2.12. The van der Waals surface area contributed by atoms with Crippen LogP contribution >= 0.6 is 11.8 Å². The molecule has 16 heavy (non-hydrogen) atoms. The number of aliphatic hydroxyl groups excluding tert-OH is 1. The molecule has 0 radical (unpaired) electrons. The molecule has 1 unspecified atom stereocenters. The van der Waals surface area contributed by atoms with Crippen molar-refractivity contribution in [1.82, 2.24) is 0 Å². The lowest BCUT2D eigenvalue weighted by atomic mass is 10.3. The minimum Gasteiger partial charge on any atom is -0.493 e. The second kappa shape index (κ2) is 7.41. The molecule has 1 rings (SSSR count). The molecule has 1 aromatic rings. The van der Waals surface area contributed by atoms with E-state index in [1.165, 1.54) is 0 Å². The highest BCUT2D eigenvalue weighted by atomic mass is 32.2. The summed E-state index contributed by atoms with van der Waals surface area (Å²) < 4.78 is 10.8. The Morgan fingerprint density at radius 2 is 1.75 bits per heavy atom. The van der Waals surface area contributed by atoms with E-state index in [-0.39, 0.29) is 0 Å². The molecule has 0 heterocycles. The fourth-order valence-corrected chi connectivity index (χ4v) is 1.34. The lowest BCUT2D eigenvalue weighted by Gasteiger charge is -2.09. The lowest BCUT2D eigenvalue weighted by molar-refractivity contribution is 0.122. The zero-order valence-electron chi connectivity index (χ0n) is 9.68. The highest BCUT2D eigenvalue weighted by molar-refractivity contribution is 7.98. The maximum Gasteiger partial charge on any atom is 0.119 e. The monoisotopic (exact) mass is 242 g/mol. The summed E-state index contributed by atoms with van der Waals surface area (Å²) in [5, 5.41) is 9.06. The van der Waals surface area contributed by atoms with Crippen LogP contribution in [0.15, 0.2) is 24.3 Å². The second-order valence-corrected chi connectivity index (χ2v) is 4.46. The first kappa shape index (κ1) is 13.2. The average molecular weight is 242 g/mol. The maximum atomic E-state index is 9.06. The number of rotatable bonds is 7. The summed E-state index contributed by atoms with van der Waals surface area (Å²) in [6.45, 7) is 2.72. The average Bonchev–Trinajstić information content (AvgIpc) is 2.28. The first-order valence-electron chi connectivity index (χ1n) is 5.25. The smallest absolute Gasteiger partial charge is 0.119 e. The summed E-state index contributed by atoms with van der Waals surface area (Å²) in [6, 6.07) is 7.43. The van der Waals surface area contributed by atoms with Gasteiger partial charge in [-0.15, -0.1) is 0 Å². The van der Waals surface area contributed by atoms with E-state index in [2.05, 4.69) is 6.26 Å². The second-order valence-electron chi connectivity index (χ2n) is 3.47. The van der Waals surface area contributed by atoms with E-state index in [1.54, 1.807) is 18.7 Å². The van der Waals surface area contributed by atoms with E-state index < -0.39 is 6.10 Å². The molecule has 1 N–H and O–H groups in total. The third kappa shape index (κ3) is 5.28. The van der Waals surface area contributed by atoms with Gasteiger partial charge in [0.25, 0.3) is 0 Å². The molecular formula is C12H18O3S. The quantitative estimate of drug-likeness (QED) is 0.744. The van der Waals surface area contributed by atoms with Gasteiger partial charge in [0.05, 0.1) is 12.7 Å². The van der Waals surface area contributed by atoms with Crippen molar-refractivity contribution in [2.45, 2.75) is 13.0 Å². The van der Waals surface area contributed by atoms with Gasteiger partial charge in [0.2, 0.25) is 0 Å². The SMILES string of the molecule is CSCCOc1ccc(OCC(C)O)cc1. The molecule has 0 spiro atoms. The fraction of sp³-hybridized carbons (Fsp3) is 0.500. The predicted molar refractivity (Wildman–Crippen MR) is 67.5 cm³/mol. The maximum absolute atomic E-state index is 9.06. The Bertz CT molecular complexity index is 285. The van der Waals surface area contributed by atoms with Crippen molar-refractivity contribution in [3.8, 4) is 11.5 Å². The Labute approximate surface area is 101 Å². The minimum atomic E-state index is -0.447. The molecule has 4 heteroatoms. The molecular weight excluding hydrogens is 224 g/mol.